The van der Waals surface area contributed by atoms with Crippen molar-refractivity contribution in [2.24, 2.45) is 0 Å². The second kappa shape index (κ2) is 8.39. The Labute approximate surface area is 125 Å². The van der Waals surface area contributed by atoms with Gasteiger partial charge in [-0.05, 0) is 55.3 Å². The van der Waals surface area contributed by atoms with Crippen molar-refractivity contribution < 1.29 is 9.84 Å². The fourth-order valence-corrected chi connectivity index (χ4v) is 1.89. The van der Waals surface area contributed by atoms with E-state index in [0.29, 0.717) is 6.61 Å². The molecule has 1 aromatic heterocycles. The summed E-state index contributed by atoms with van der Waals surface area (Å²) in [6.07, 6.45) is 4.05. The van der Waals surface area contributed by atoms with E-state index in [0.717, 1.165) is 30.8 Å². The van der Waals surface area contributed by atoms with Gasteiger partial charge in [0.05, 0.1) is 6.10 Å². The molecule has 0 bridgehead atoms. The second-order valence-electron chi connectivity index (χ2n) is 5.10. The normalized spacial score (nSPS) is 12.1. The van der Waals surface area contributed by atoms with Crippen LogP contribution in [0.25, 0.3) is 0 Å². The summed E-state index contributed by atoms with van der Waals surface area (Å²) in [5.74, 6) is 0.861. The minimum atomic E-state index is -0.249. The number of benzene rings is 1. The summed E-state index contributed by atoms with van der Waals surface area (Å²) >= 11 is 0. The summed E-state index contributed by atoms with van der Waals surface area (Å²) in [4.78, 5) is 3.98. The van der Waals surface area contributed by atoms with Gasteiger partial charge in [0.1, 0.15) is 12.4 Å². The Morgan fingerprint density at radius 1 is 1.10 bits per heavy atom. The van der Waals surface area contributed by atoms with Crippen LogP contribution in [0.3, 0.4) is 0 Å². The van der Waals surface area contributed by atoms with E-state index < -0.39 is 0 Å². The summed E-state index contributed by atoms with van der Waals surface area (Å²) in [6, 6.07) is 12.0. The largest absolute Gasteiger partial charge is 0.489 e. The lowest BCUT2D eigenvalue weighted by Gasteiger charge is -2.09. The van der Waals surface area contributed by atoms with Crippen LogP contribution in [0.5, 0.6) is 5.75 Å². The van der Waals surface area contributed by atoms with E-state index in [1.54, 1.807) is 19.3 Å². The maximum Gasteiger partial charge on any atom is 0.119 e. The maximum absolute atomic E-state index is 9.18. The van der Waals surface area contributed by atoms with Crippen molar-refractivity contribution in [3.05, 3.63) is 59.9 Å². The lowest BCUT2D eigenvalue weighted by atomic mass is 10.2. The molecule has 1 atom stereocenters. The van der Waals surface area contributed by atoms with Gasteiger partial charge in [-0.3, -0.25) is 4.98 Å². The van der Waals surface area contributed by atoms with Crippen molar-refractivity contribution in [1.82, 2.24) is 10.3 Å². The summed E-state index contributed by atoms with van der Waals surface area (Å²) < 4.78 is 5.72. The Morgan fingerprint density at radius 3 is 2.48 bits per heavy atom. The zero-order chi connectivity index (χ0) is 14.9. The van der Waals surface area contributed by atoms with Crippen LogP contribution in [0, 0.1) is 0 Å². The average Bonchev–Trinajstić information content (AvgIpc) is 2.51. The van der Waals surface area contributed by atoms with Crippen LogP contribution in [0.1, 0.15) is 24.5 Å². The topological polar surface area (TPSA) is 54.4 Å². The molecule has 1 unspecified atom stereocenters. The third-order valence-corrected chi connectivity index (χ3v) is 3.15. The minimum Gasteiger partial charge on any atom is -0.489 e. The van der Waals surface area contributed by atoms with Crippen LogP contribution in [0.15, 0.2) is 48.8 Å². The molecule has 2 aromatic rings. The Hall–Kier alpha value is -1.91. The highest BCUT2D eigenvalue weighted by molar-refractivity contribution is 5.27. The van der Waals surface area contributed by atoms with Crippen molar-refractivity contribution >= 4 is 0 Å². The molecule has 0 aliphatic heterocycles. The van der Waals surface area contributed by atoms with E-state index in [-0.39, 0.29) is 6.10 Å². The number of ether oxygens (including phenoxy) is 1. The van der Waals surface area contributed by atoms with Crippen molar-refractivity contribution in [3.8, 4) is 5.75 Å². The standard InChI is InChI=1S/C17H22N2O2/c1-14(20)6-9-19-12-15-2-4-17(5-3-15)21-13-16-7-10-18-11-8-16/h2-5,7-8,10-11,14,19-20H,6,9,12-13H2,1H3. The van der Waals surface area contributed by atoms with Gasteiger partial charge in [0, 0.05) is 18.9 Å². The molecular formula is C17H22N2O2. The number of hydrogen-bond donors (Lipinski definition) is 2. The number of aliphatic hydroxyl groups excluding tert-OH is 1. The second-order valence-corrected chi connectivity index (χ2v) is 5.10. The Kier molecular flexibility index (Phi) is 6.19. The number of nitrogens with zero attached hydrogens (tertiary/aromatic N) is 1. The molecule has 0 aliphatic carbocycles. The van der Waals surface area contributed by atoms with E-state index in [4.69, 9.17) is 4.74 Å². The number of aromatic nitrogens is 1. The van der Waals surface area contributed by atoms with Gasteiger partial charge in [0.25, 0.3) is 0 Å². The molecule has 0 aliphatic rings. The molecule has 4 heteroatoms. The maximum atomic E-state index is 9.18. The molecule has 0 radical (unpaired) electrons. The predicted octanol–water partition coefficient (Wildman–Crippen LogP) is 2.52. The molecule has 0 saturated carbocycles. The molecule has 0 amide bonds. The highest BCUT2D eigenvalue weighted by Gasteiger charge is 1.98. The van der Waals surface area contributed by atoms with E-state index in [1.165, 1.54) is 5.56 Å². The average molecular weight is 286 g/mol. The van der Waals surface area contributed by atoms with Gasteiger partial charge >= 0.3 is 0 Å². The predicted molar refractivity (Wildman–Crippen MR) is 83.0 cm³/mol. The fourth-order valence-electron chi connectivity index (χ4n) is 1.89. The molecular weight excluding hydrogens is 264 g/mol. The SMILES string of the molecule is CC(O)CCNCc1ccc(OCc2ccncc2)cc1. The van der Waals surface area contributed by atoms with Gasteiger partial charge in [-0.25, -0.2) is 0 Å². The first-order chi connectivity index (χ1) is 10.2. The lowest BCUT2D eigenvalue weighted by molar-refractivity contribution is 0.183. The molecule has 0 saturated heterocycles. The molecule has 1 heterocycles. The molecule has 2 rings (SSSR count). The molecule has 4 nitrogen and oxygen atoms in total. The Balaban J connectivity index is 1.74. The summed E-state index contributed by atoms with van der Waals surface area (Å²) in [7, 11) is 0. The molecule has 1 aromatic carbocycles. The van der Waals surface area contributed by atoms with Crippen LogP contribution in [0.4, 0.5) is 0 Å². The molecule has 0 spiro atoms. The van der Waals surface area contributed by atoms with Crippen LogP contribution in [-0.4, -0.2) is 22.7 Å². The zero-order valence-electron chi connectivity index (χ0n) is 12.3. The lowest BCUT2D eigenvalue weighted by Crippen LogP contribution is -2.18. The first kappa shape index (κ1) is 15.5. The van der Waals surface area contributed by atoms with Crippen molar-refractivity contribution in [2.75, 3.05) is 6.54 Å². The number of pyridine rings is 1. The third kappa shape index (κ3) is 5.94. The quantitative estimate of drug-likeness (QED) is 0.732. The van der Waals surface area contributed by atoms with Gasteiger partial charge in [-0.2, -0.15) is 0 Å². The minimum absolute atomic E-state index is 0.249. The van der Waals surface area contributed by atoms with E-state index in [9.17, 15) is 5.11 Å². The first-order valence-electron chi connectivity index (χ1n) is 7.23. The Bertz CT molecular complexity index is 512. The van der Waals surface area contributed by atoms with Gasteiger partial charge < -0.3 is 15.2 Å². The third-order valence-electron chi connectivity index (χ3n) is 3.15. The summed E-state index contributed by atoms with van der Waals surface area (Å²) in [5, 5.41) is 12.5. The van der Waals surface area contributed by atoms with Gasteiger partial charge in [0.2, 0.25) is 0 Å². The fraction of sp³-hybridized carbons (Fsp3) is 0.353. The van der Waals surface area contributed by atoms with E-state index >= 15 is 0 Å². The number of aliphatic hydroxyl groups is 1. The van der Waals surface area contributed by atoms with Crippen molar-refractivity contribution in [3.63, 3.8) is 0 Å². The Morgan fingerprint density at radius 2 is 1.81 bits per heavy atom. The monoisotopic (exact) mass is 286 g/mol. The number of nitrogens with one attached hydrogen (secondary N) is 1. The van der Waals surface area contributed by atoms with Crippen LogP contribution < -0.4 is 10.1 Å². The molecule has 112 valence electrons. The van der Waals surface area contributed by atoms with Gasteiger partial charge in [-0.1, -0.05) is 12.1 Å². The summed E-state index contributed by atoms with van der Waals surface area (Å²) in [6.45, 7) is 3.97. The van der Waals surface area contributed by atoms with Crippen molar-refractivity contribution in [1.29, 1.82) is 0 Å². The number of hydrogen-bond acceptors (Lipinski definition) is 4. The van der Waals surface area contributed by atoms with Gasteiger partial charge in [0.15, 0.2) is 0 Å². The molecule has 21 heavy (non-hydrogen) atoms. The zero-order valence-corrected chi connectivity index (χ0v) is 12.3. The van der Waals surface area contributed by atoms with Crippen LogP contribution >= 0.6 is 0 Å². The van der Waals surface area contributed by atoms with Crippen LogP contribution in [0.2, 0.25) is 0 Å². The highest BCUT2D eigenvalue weighted by Crippen LogP contribution is 2.14. The molecule has 2 N–H and O–H groups in total. The summed E-state index contributed by atoms with van der Waals surface area (Å²) in [5.41, 5.74) is 2.31. The highest BCUT2D eigenvalue weighted by atomic mass is 16.5. The number of rotatable bonds is 8. The first-order valence-corrected chi connectivity index (χ1v) is 7.23. The molecule has 0 fully saturated rings. The van der Waals surface area contributed by atoms with Crippen molar-refractivity contribution in [2.45, 2.75) is 32.6 Å². The van der Waals surface area contributed by atoms with Gasteiger partial charge in [-0.15, -0.1) is 0 Å². The van der Waals surface area contributed by atoms with E-state index in [1.807, 2.05) is 24.3 Å². The van der Waals surface area contributed by atoms with Crippen LogP contribution in [-0.2, 0) is 13.2 Å². The smallest absolute Gasteiger partial charge is 0.119 e. The van der Waals surface area contributed by atoms with E-state index in [2.05, 4.69) is 22.4 Å².